The van der Waals surface area contributed by atoms with E-state index in [1.807, 2.05) is 0 Å². The molecule has 0 radical (unpaired) electrons. The molecule has 0 aromatic rings. The summed E-state index contributed by atoms with van der Waals surface area (Å²) < 4.78 is 17.2. The molecule has 0 aliphatic rings. The molecule has 0 fully saturated rings. The Bertz CT molecular complexity index is 988. The van der Waals surface area contributed by atoms with Gasteiger partial charge >= 0.3 is 11.9 Å². The number of rotatable bonds is 40. The predicted octanol–water partition coefficient (Wildman–Crippen LogP) is 14.8. The Morgan fingerprint density at radius 3 is 1.37 bits per heavy atom. The number of esters is 2. The van der Waals surface area contributed by atoms with Crippen molar-refractivity contribution in [3.8, 4) is 0 Å². The average molecular weight is 753 g/mol. The number of allylic oxidation sites excluding steroid dienone is 12. The lowest BCUT2D eigenvalue weighted by Gasteiger charge is -2.18. The average Bonchev–Trinajstić information content (AvgIpc) is 3.17. The molecule has 0 spiro atoms. The van der Waals surface area contributed by atoms with E-state index in [9.17, 15) is 9.59 Å². The molecule has 0 aromatic carbocycles. The van der Waals surface area contributed by atoms with E-state index in [1.54, 1.807) is 0 Å². The maximum atomic E-state index is 12.6. The standard InChI is InChI=1S/C49H84O5/c1-4-7-10-13-16-18-20-22-24-25-26-27-29-31-34-36-39-42-48(50)53-46-47(54-49(51)43-40-37-33-15-12-9-6-3)45-52-44-41-38-35-32-30-28-23-21-19-17-14-11-8-5-2/h8,11,16-19,22-24,28,32,35,47H,4-7,9-10,12-15,20-21,25-27,29-31,33-34,36-46H2,1-3H3/b11-8-,18-16-,19-17-,24-22-,28-23-,35-32-. The summed E-state index contributed by atoms with van der Waals surface area (Å²) >= 11 is 0. The maximum absolute atomic E-state index is 12.6. The molecule has 310 valence electrons. The molecule has 0 aliphatic heterocycles. The molecule has 0 aliphatic carbocycles. The van der Waals surface area contributed by atoms with Gasteiger partial charge in [-0.1, -0.05) is 177 Å². The van der Waals surface area contributed by atoms with Crippen molar-refractivity contribution in [3.63, 3.8) is 0 Å². The molecule has 1 atom stereocenters. The predicted molar refractivity (Wildman–Crippen MR) is 233 cm³/mol. The molecule has 0 amide bonds. The Hall–Kier alpha value is -2.66. The first-order valence-corrected chi connectivity index (χ1v) is 22.5. The number of unbranched alkanes of at least 4 members (excludes halogenated alkanes) is 17. The monoisotopic (exact) mass is 753 g/mol. The smallest absolute Gasteiger partial charge is 0.306 e. The number of hydrogen-bond donors (Lipinski definition) is 0. The van der Waals surface area contributed by atoms with Crippen molar-refractivity contribution in [2.24, 2.45) is 0 Å². The minimum Gasteiger partial charge on any atom is -0.462 e. The van der Waals surface area contributed by atoms with Crippen LogP contribution in [0.15, 0.2) is 72.9 Å². The minimum absolute atomic E-state index is 0.0577. The molecule has 1 unspecified atom stereocenters. The normalized spacial score (nSPS) is 12.9. The summed E-state index contributed by atoms with van der Waals surface area (Å²) in [6.45, 7) is 7.50. The summed E-state index contributed by atoms with van der Waals surface area (Å²) in [7, 11) is 0. The summed E-state index contributed by atoms with van der Waals surface area (Å²) in [4.78, 5) is 25.1. The van der Waals surface area contributed by atoms with Gasteiger partial charge in [-0.2, -0.15) is 0 Å². The van der Waals surface area contributed by atoms with Gasteiger partial charge in [0, 0.05) is 19.4 Å². The van der Waals surface area contributed by atoms with Crippen LogP contribution in [0.25, 0.3) is 0 Å². The fraction of sp³-hybridized carbons (Fsp3) is 0.714. The number of carbonyl (C=O) groups excluding carboxylic acids is 2. The lowest BCUT2D eigenvalue weighted by Crippen LogP contribution is -2.30. The highest BCUT2D eigenvalue weighted by Gasteiger charge is 2.17. The molecule has 0 rings (SSSR count). The zero-order valence-corrected chi connectivity index (χ0v) is 35.5. The fourth-order valence-corrected chi connectivity index (χ4v) is 5.90. The second-order valence-electron chi connectivity index (χ2n) is 14.6. The largest absolute Gasteiger partial charge is 0.462 e. The van der Waals surface area contributed by atoms with Crippen LogP contribution in [-0.4, -0.2) is 37.9 Å². The van der Waals surface area contributed by atoms with Crippen LogP contribution in [0.3, 0.4) is 0 Å². The van der Waals surface area contributed by atoms with Gasteiger partial charge in [0.2, 0.25) is 0 Å². The molecule has 0 saturated carbocycles. The van der Waals surface area contributed by atoms with Crippen LogP contribution in [0.2, 0.25) is 0 Å². The zero-order valence-electron chi connectivity index (χ0n) is 35.5. The highest BCUT2D eigenvalue weighted by molar-refractivity contribution is 5.70. The van der Waals surface area contributed by atoms with Crippen molar-refractivity contribution < 1.29 is 23.8 Å². The van der Waals surface area contributed by atoms with Gasteiger partial charge in [0.25, 0.3) is 0 Å². The van der Waals surface area contributed by atoms with Crippen molar-refractivity contribution in [3.05, 3.63) is 72.9 Å². The van der Waals surface area contributed by atoms with Crippen LogP contribution in [-0.2, 0) is 23.8 Å². The molecule has 0 bridgehead atoms. The second kappa shape index (κ2) is 44.7. The van der Waals surface area contributed by atoms with Gasteiger partial charge in [0.05, 0.1) is 6.61 Å². The fourth-order valence-electron chi connectivity index (χ4n) is 5.90. The first-order chi connectivity index (χ1) is 26.6. The quantitative estimate of drug-likeness (QED) is 0.0354. The van der Waals surface area contributed by atoms with Gasteiger partial charge in [0.1, 0.15) is 6.61 Å². The second-order valence-corrected chi connectivity index (χ2v) is 14.6. The van der Waals surface area contributed by atoms with E-state index in [-0.39, 0.29) is 25.2 Å². The van der Waals surface area contributed by atoms with Gasteiger partial charge in [-0.15, -0.1) is 0 Å². The highest BCUT2D eigenvalue weighted by atomic mass is 16.6. The summed E-state index contributed by atoms with van der Waals surface area (Å²) in [5, 5.41) is 0. The summed E-state index contributed by atoms with van der Waals surface area (Å²) in [6, 6.07) is 0. The van der Waals surface area contributed by atoms with Crippen LogP contribution >= 0.6 is 0 Å². The van der Waals surface area contributed by atoms with Crippen molar-refractivity contribution in [2.45, 2.75) is 207 Å². The number of carbonyl (C=O) groups is 2. The molecule has 0 N–H and O–H groups in total. The topological polar surface area (TPSA) is 61.8 Å². The Labute approximate surface area is 334 Å². The Balaban J connectivity index is 4.24. The van der Waals surface area contributed by atoms with Crippen molar-refractivity contribution in [2.75, 3.05) is 19.8 Å². The third kappa shape index (κ3) is 42.1. The zero-order chi connectivity index (χ0) is 39.3. The lowest BCUT2D eigenvalue weighted by molar-refractivity contribution is -0.163. The van der Waals surface area contributed by atoms with Gasteiger partial charge < -0.3 is 14.2 Å². The summed E-state index contributed by atoms with van der Waals surface area (Å²) in [6.07, 6.45) is 56.3. The van der Waals surface area contributed by atoms with Crippen molar-refractivity contribution >= 4 is 11.9 Å². The van der Waals surface area contributed by atoms with Gasteiger partial charge in [0.15, 0.2) is 6.10 Å². The molecule has 0 heterocycles. The molecule has 5 nitrogen and oxygen atoms in total. The third-order valence-corrected chi connectivity index (χ3v) is 9.23. The van der Waals surface area contributed by atoms with Crippen molar-refractivity contribution in [1.82, 2.24) is 0 Å². The third-order valence-electron chi connectivity index (χ3n) is 9.23. The Kier molecular flexibility index (Phi) is 42.5. The molecular formula is C49H84O5. The van der Waals surface area contributed by atoms with Crippen LogP contribution in [0, 0.1) is 0 Å². The number of ether oxygens (including phenoxy) is 3. The molecule has 0 aromatic heterocycles. The highest BCUT2D eigenvalue weighted by Crippen LogP contribution is 2.13. The van der Waals surface area contributed by atoms with Gasteiger partial charge in [-0.25, -0.2) is 0 Å². The van der Waals surface area contributed by atoms with E-state index in [0.29, 0.717) is 19.4 Å². The molecule has 54 heavy (non-hydrogen) atoms. The summed E-state index contributed by atoms with van der Waals surface area (Å²) in [5.41, 5.74) is 0. The van der Waals surface area contributed by atoms with E-state index >= 15 is 0 Å². The van der Waals surface area contributed by atoms with E-state index in [2.05, 4.69) is 93.7 Å². The summed E-state index contributed by atoms with van der Waals surface area (Å²) in [5.74, 6) is -0.445. The van der Waals surface area contributed by atoms with E-state index in [1.165, 1.54) is 83.5 Å². The van der Waals surface area contributed by atoms with Crippen LogP contribution < -0.4 is 0 Å². The molecule has 5 heteroatoms. The van der Waals surface area contributed by atoms with E-state index in [4.69, 9.17) is 14.2 Å². The number of hydrogen-bond acceptors (Lipinski definition) is 5. The molecule has 0 saturated heterocycles. The Morgan fingerprint density at radius 2 is 0.833 bits per heavy atom. The maximum Gasteiger partial charge on any atom is 0.306 e. The molecular weight excluding hydrogens is 669 g/mol. The first kappa shape index (κ1) is 51.3. The van der Waals surface area contributed by atoms with Crippen LogP contribution in [0.4, 0.5) is 0 Å². The van der Waals surface area contributed by atoms with Gasteiger partial charge in [-0.3, -0.25) is 9.59 Å². The van der Waals surface area contributed by atoms with Gasteiger partial charge in [-0.05, 0) is 83.5 Å². The van der Waals surface area contributed by atoms with E-state index < -0.39 is 6.10 Å². The Morgan fingerprint density at radius 1 is 0.426 bits per heavy atom. The minimum atomic E-state index is -0.565. The first-order valence-electron chi connectivity index (χ1n) is 22.5. The SMILES string of the molecule is CC/C=C\C/C=C\C/C=C\C/C=C\CCCOCC(COC(=O)CCCCCCCCC/C=C\C/C=C\CCCCC)OC(=O)CCCCCCCCC. The van der Waals surface area contributed by atoms with Crippen molar-refractivity contribution in [1.29, 1.82) is 0 Å². The van der Waals surface area contributed by atoms with E-state index in [0.717, 1.165) is 83.5 Å². The lowest BCUT2D eigenvalue weighted by atomic mass is 10.1. The van der Waals surface area contributed by atoms with Crippen LogP contribution in [0.5, 0.6) is 0 Å². The van der Waals surface area contributed by atoms with Crippen LogP contribution in [0.1, 0.15) is 201 Å².